The monoisotopic (exact) mass is 267 g/mol. The van der Waals surface area contributed by atoms with Gasteiger partial charge >= 0.3 is 0 Å². The molecule has 0 saturated heterocycles. The van der Waals surface area contributed by atoms with Crippen molar-refractivity contribution in [3.8, 4) is 17.6 Å². The molecule has 3 nitrogen and oxygen atoms in total. The standard InChI is InChI=1S/C14H18ClNO2/c1-14(2,10-16)7-8-18-13-11(9-15)5-4-6-12(13)17-3/h4-6H,7-9H2,1-3H3. The van der Waals surface area contributed by atoms with Crippen molar-refractivity contribution in [1.82, 2.24) is 0 Å². The van der Waals surface area contributed by atoms with Crippen LogP contribution in [-0.2, 0) is 5.88 Å². The maximum Gasteiger partial charge on any atom is 0.165 e. The molecule has 0 aliphatic heterocycles. The van der Waals surface area contributed by atoms with Crippen molar-refractivity contribution < 1.29 is 9.47 Å². The Kier molecular flexibility index (Phi) is 5.30. The van der Waals surface area contributed by atoms with Gasteiger partial charge in [-0.1, -0.05) is 12.1 Å². The van der Waals surface area contributed by atoms with Crippen molar-refractivity contribution in [1.29, 1.82) is 5.26 Å². The molecule has 0 spiro atoms. The first-order valence-electron chi connectivity index (χ1n) is 5.80. The molecule has 0 N–H and O–H groups in total. The summed E-state index contributed by atoms with van der Waals surface area (Å²) in [6.07, 6.45) is 0.656. The minimum Gasteiger partial charge on any atom is -0.493 e. The predicted molar refractivity (Wildman–Crippen MR) is 72.1 cm³/mol. The van der Waals surface area contributed by atoms with Crippen LogP contribution in [0.3, 0.4) is 0 Å². The van der Waals surface area contributed by atoms with Crippen molar-refractivity contribution in [2.75, 3.05) is 13.7 Å². The van der Waals surface area contributed by atoms with Gasteiger partial charge in [0.15, 0.2) is 11.5 Å². The van der Waals surface area contributed by atoms with Gasteiger partial charge in [-0.3, -0.25) is 0 Å². The highest BCUT2D eigenvalue weighted by molar-refractivity contribution is 6.17. The van der Waals surface area contributed by atoms with Crippen LogP contribution in [0.5, 0.6) is 11.5 Å². The molecule has 0 unspecified atom stereocenters. The van der Waals surface area contributed by atoms with E-state index in [1.165, 1.54) is 0 Å². The van der Waals surface area contributed by atoms with Crippen LogP contribution in [0.15, 0.2) is 18.2 Å². The average Bonchev–Trinajstić information content (AvgIpc) is 2.38. The molecule has 18 heavy (non-hydrogen) atoms. The highest BCUT2D eigenvalue weighted by Crippen LogP contribution is 2.32. The summed E-state index contributed by atoms with van der Waals surface area (Å²) in [5.74, 6) is 1.71. The van der Waals surface area contributed by atoms with Gasteiger partial charge in [0.05, 0.1) is 31.1 Å². The topological polar surface area (TPSA) is 42.2 Å². The van der Waals surface area contributed by atoms with Gasteiger partial charge in [-0.15, -0.1) is 11.6 Å². The van der Waals surface area contributed by atoms with Crippen LogP contribution in [0.4, 0.5) is 0 Å². The number of methoxy groups -OCH3 is 1. The largest absolute Gasteiger partial charge is 0.493 e. The quantitative estimate of drug-likeness (QED) is 0.737. The molecule has 98 valence electrons. The van der Waals surface area contributed by atoms with Gasteiger partial charge in [0.25, 0.3) is 0 Å². The van der Waals surface area contributed by atoms with Crippen molar-refractivity contribution in [3.63, 3.8) is 0 Å². The fourth-order valence-corrected chi connectivity index (χ4v) is 1.67. The van der Waals surface area contributed by atoms with Crippen LogP contribution in [0, 0.1) is 16.7 Å². The zero-order valence-electron chi connectivity index (χ0n) is 11.0. The minimum absolute atomic E-state index is 0.369. The molecule has 0 bridgehead atoms. The van der Waals surface area contributed by atoms with Gasteiger partial charge in [-0.05, 0) is 26.3 Å². The van der Waals surface area contributed by atoms with Gasteiger partial charge in [0, 0.05) is 5.56 Å². The molecule has 0 amide bonds. The van der Waals surface area contributed by atoms with E-state index in [0.29, 0.717) is 30.4 Å². The Morgan fingerprint density at radius 2 is 2.11 bits per heavy atom. The molecule has 1 aromatic rings. The number of nitriles is 1. The van der Waals surface area contributed by atoms with E-state index in [0.717, 1.165) is 5.56 Å². The van der Waals surface area contributed by atoms with E-state index in [4.69, 9.17) is 26.3 Å². The zero-order chi connectivity index (χ0) is 13.6. The van der Waals surface area contributed by atoms with Crippen molar-refractivity contribution in [2.24, 2.45) is 5.41 Å². The Bertz CT molecular complexity index is 416. The smallest absolute Gasteiger partial charge is 0.165 e. The van der Waals surface area contributed by atoms with E-state index in [9.17, 15) is 0 Å². The summed E-state index contributed by atoms with van der Waals surface area (Å²) in [6, 6.07) is 7.86. The van der Waals surface area contributed by atoms with Gasteiger partial charge in [-0.2, -0.15) is 5.26 Å². The molecule has 4 heteroatoms. The number of halogens is 1. The fraction of sp³-hybridized carbons (Fsp3) is 0.500. The number of hydrogen-bond acceptors (Lipinski definition) is 3. The summed E-state index contributed by atoms with van der Waals surface area (Å²) in [5, 5.41) is 8.94. The van der Waals surface area contributed by atoms with E-state index in [2.05, 4.69) is 6.07 Å². The SMILES string of the molecule is COc1cccc(CCl)c1OCCC(C)(C)C#N. The van der Waals surface area contributed by atoms with Crippen LogP contribution in [0.25, 0.3) is 0 Å². The third kappa shape index (κ3) is 3.82. The Balaban J connectivity index is 2.75. The maximum atomic E-state index is 8.94. The molecule has 0 fully saturated rings. The summed E-state index contributed by atoms with van der Waals surface area (Å²) in [4.78, 5) is 0. The van der Waals surface area contributed by atoms with Crippen molar-refractivity contribution >= 4 is 11.6 Å². The summed E-state index contributed by atoms with van der Waals surface area (Å²) < 4.78 is 11.0. The van der Waals surface area contributed by atoms with E-state index < -0.39 is 0 Å². The van der Waals surface area contributed by atoms with Gasteiger partial charge in [-0.25, -0.2) is 0 Å². The first-order valence-corrected chi connectivity index (χ1v) is 6.33. The molecule has 1 aromatic carbocycles. The number of nitrogens with zero attached hydrogens (tertiary/aromatic N) is 1. The number of para-hydroxylation sites is 1. The molecular formula is C14H18ClNO2. The second-order valence-electron chi connectivity index (χ2n) is 4.68. The van der Waals surface area contributed by atoms with Gasteiger partial charge in [0.2, 0.25) is 0 Å². The van der Waals surface area contributed by atoms with E-state index in [1.54, 1.807) is 7.11 Å². The zero-order valence-corrected chi connectivity index (χ0v) is 11.8. The second kappa shape index (κ2) is 6.51. The lowest BCUT2D eigenvalue weighted by Gasteiger charge is -2.18. The van der Waals surface area contributed by atoms with Crippen LogP contribution < -0.4 is 9.47 Å². The van der Waals surface area contributed by atoms with Crippen LogP contribution in [0.1, 0.15) is 25.8 Å². The molecule has 0 aliphatic rings. The lowest BCUT2D eigenvalue weighted by molar-refractivity contribution is 0.251. The number of alkyl halides is 1. The van der Waals surface area contributed by atoms with Crippen molar-refractivity contribution in [2.45, 2.75) is 26.1 Å². The molecule has 0 atom stereocenters. The lowest BCUT2D eigenvalue weighted by Crippen LogP contribution is -2.13. The van der Waals surface area contributed by atoms with Crippen LogP contribution >= 0.6 is 11.6 Å². The maximum absolute atomic E-state index is 8.94. The number of ether oxygens (including phenoxy) is 2. The second-order valence-corrected chi connectivity index (χ2v) is 4.94. The highest BCUT2D eigenvalue weighted by Gasteiger charge is 2.17. The Labute approximate surface area is 113 Å². The first-order chi connectivity index (χ1) is 8.54. The Morgan fingerprint density at radius 1 is 1.39 bits per heavy atom. The molecular weight excluding hydrogens is 250 g/mol. The predicted octanol–water partition coefficient (Wildman–Crippen LogP) is 3.75. The summed E-state index contributed by atoms with van der Waals surface area (Å²) in [7, 11) is 1.60. The van der Waals surface area contributed by atoms with Gasteiger partial charge in [0.1, 0.15) is 0 Å². The van der Waals surface area contributed by atoms with E-state index >= 15 is 0 Å². The number of rotatable bonds is 6. The highest BCUT2D eigenvalue weighted by atomic mass is 35.5. The summed E-state index contributed by atoms with van der Waals surface area (Å²) in [5.41, 5.74) is 0.508. The number of benzene rings is 1. The van der Waals surface area contributed by atoms with E-state index in [1.807, 2.05) is 32.0 Å². The molecule has 0 heterocycles. The fourth-order valence-electron chi connectivity index (χ4n) is 1.46. The summed E-state index contributed by atoms with van der Waals surface area (Å²) in [6.45, 7) is 4.24. The average molecular weight is 268 g/mol. The van der Waals surface area contributed by atoms with Crippen molar-refractivity contribution in [3.05, 3.63) is 23.8 Å². The van der Waals surface area contributed by atoms with Gasteiger partial charge < -0.3 is 9.47 Å². The molecule has 1 rings (SSSR count). The third-order valence-electron chi connectivity index (χ3n) is 2.70. The third-order valence-corrected chi connectivity index (χ3v) is 2.99. The molecule has 0 radical (unpaired) electrons. The molecule has 0 saturated carbocycles. The van der Waals surface area contributed by atoms with Crippen LogP contribution in [-0.4, -0.2) is 13.7 Å². The van der Waals surface area contributed by atoms with Crippen LogP contribution in [0.2, 0.25) is 0 Å². The molecule has 0 aromatic heterocycles. The lowest BCUT2D eigenvalue weighted by atomic mass is 9.92. The Morgan fingerprint density at radius 3 is 2.67 bits per heavy atom. The minimum atomic E-state index is -0.386. The Hall–Kier alpha value is -1.40. The first kappa shape index (κ1) is 14.7. The van der Waals surface area contributed by atoms with E-state index in [-0.39, 0.29) is 5.41 Å². The molecule has 0 aliphatic carbocycles. The summed E-state index contributed by atoms with van der Waals surface area (Å²) >= 11 is 5.87. The normalized spacial score (nSPS) is 10.8. The number of hydrogen-bond donors (Lipinski definition) is 0.